The lowest BCUT2D eigenvalue weighted by Crippen LogP contribution is -2.36. The third kappa shape index (κ3) is 4.37. The number of benzene rings is 2. The number of hydrogen-bond acceptors (Lipinski definition) is 4. The minimum Gasteiger partial charge on any atom is -0.315 e. The number of nitrogens with zero attached hydrogens (tertiary/aromatic N) is 2. The zero-order valence-corrected chi connectivity index (χ0v) is 19.0. The van der Waals surface area contributed by atoms with Gasteiger partial charge in [-0.25, -0.2) is 8.42 Å². The van der Waals surface area contributed by atoms with E-state index in [1.165, 1.54) is 4.90 Å². The van der Waals surface area contributed by atoms with E-state index in [1.54, 1.807) is 25.2 Å². The van der Waals surface area contributed by atoms with Gasteiger partial charge in [-0.2, -0.15) is 0 Å². The van der Waals surface area contributed by atoms with Gasteiger partial charge in [0.05, 0.1) is 10.6 Å². The smallest absolute Gasteiger partial charge is 0.230 e. The molecule has 0 radical (unpaired) electrons. The summed E-state index contributed by atoms with van der Waals surface area (Å²) in [5.41, 5.74) is 3.48. The summed E-state index contributed by atoms with van der Waals surface area (Å²) in [4.78, 5) is 28.7. The number of anilines is 2. The summed E-state index contributed by atoms with van der Waals surface area (Å²) < 4.78 is 25.8. The maximum Gasteiger partial charge on any atom is 0.230 e. The zero-order valence-electron chi connectivity index (χ0n) is 18.2. The highest BCUT2D eigenvalue weighted by Crippen LogP contribution is 2.39. The summed E-state index contributed by atoms with van der Waals surface area (Å²) in [7, 11) is -1.95. The van der Waals surface area contributed by atoms with Crippen molar-refractivity contribution in [2.24, 2.45) is 5.92 Å². The van der Waals surface area contributed by atoms with Crippen molar-refractivity contribution >= 4 is 33.0 Å². The second-order valence-electron chi connectivity index (χ2n) is 8.69. The van der Waals surface area contributed by atoms with Crippen LogP contribution in [0.2, 0.25) is 0 Å². The summed E-state index contributed by atoms with van der Waals surface area (Å²) in [5.74, 6) is -0.230. The Morgan fingerprint density at radius 3 is 2.55 bits per heavy atom. The first-order chi connectivity index (χ1) is 14.7. The Morgan fingerprint density at radius 1 is 1.13 bits per heavy atom. The fourth-order valence-corrected chi connectivity index (χ4v) is 5.43. The van der Waals surface area contributed by atoms with E-state index >= 15 is 0 Å². The maximum atomic E-state index is 12.9. The standard InChI is InChI=1S/C24H28N2O4S/c1-16-5-4-6-20(13-16)25(3)23(27)11-12-31(29,30)21-9-10-22-19(15-21)14-17(2)26(22)24(28)18-7-8-18/h4-6,9-10,13,15,17-18H,7-8,11-12,14H2,1-3H3. The lowest BCUT2D eigenvalue weighted by Gasteiger charge is -2.22. The molecule has 4 rings (SSSR count). The summed E-state index contributed by atoms with van der Waals surface area (Å²) in [6.45, 7) is 3.94. The molecular weight excluding hydrogens is 412 g/mol. The van der Waals surface area contributed by atoms with Gasteiger partial charge in [0.2, 0.25) is 11.8 Å². The van der Waals surface area contributed by atoms with Crippen molar-refractivity contribution in [3.63, 3.8) is 0 Å². The van der Waals surface area contributed by atoms with Crippen LogP contribution in [0.1, 0.15) is 37.3 Å². The number of aryl methyl sites for hydroxylation is 1. The Morgan fingerprint density at radius 2 is 1.87 bits per heavy atom. The minimum atomic E-state index is -3.61. The van der Waals surface area contributed by atoms with Crippen LogP contribution in [-0.2, 0) is 25.8 Å². The fourth-order valence-electron chi connectivity index (χ4n) is 4.15. The molecule has 7 heteroatoms. The van der Waals surface area contributed by atoms with E-state index < -0.39 is 9.84 Å². The van der Waals surface area contributed by atoms with Gasteiger partial charge >= 0.3 is 0 Å². The predicted molar refractivity (Wildman–Crippen MR) is 121 cm³/mol. The summed E-state index contributed by atoms with van der Waals surface area (Å²) in [6.07, 6.45) is 2.43. The van der Waals surface area contributed by atoms with Crippen LogP contribution in [0.25, 0.3) is 0 Å². The molecule has 1 saturated carbocycles. The quantitative estimate of drug-likeness (QED) is 0.689. The average molecular weight is 441 g/mol. The fraction of sp³-hybridized carbons (Fsp3) is 0.417. The molecule has 0 spiro atoms. The first-order valence-electron chi connectivity index (χ1n) is 10.7. The summed E-state index contributed by atoms with van der Waals surface area (Å²) in [5, 5.41) is 0. The van der Waals surface area contributed by atoms with Crippen LogP contribution in [0.3, 0.4) is 0 Å². The third-order valence-electron chi connectivity index (χ3n) is 6.14. The molecule has 0 N–H and O–H groups in total. The molecule has 31 heavy (non-hydrogen) atoms. The van der Waals surface area contributed by atoms with Crippen molar-refractivity contribution in [1.29, 1.82) is 0 Å². The Kier molecular flexibility index (Phi) is 5.64. The highest BCUT2D eigenvalue weighted by Gasteiger charge is 2.39. The normalized spacial score (nSPS) is 18.0. The predicted octanol–water partition coefficient (Wildman–Crippen LogP) is 3.51. The van der Waals surface area contributed by atoms with Crippen molar-refractivity contribution in [3.05, 3.63) is 53.6 Å². The van der Waals surface area contributed by atoms with Gasteiger partial charge in [-0.15, -0.1) is 0 Å². The van der Waals surface area contributed by atoms with E-state index in [-0.39, 0.29) is 40.8 Å². The van der Waals surface area contributed by atoms with Gasteiger partial charge in [-0.3, -0.25) is 9.59 Å². The molecule has 6 nitrogen and oxygen atoms in total. The molecule has 2 aliphatic rings. The molecule has 1 unspecified atom stereocenters. The van der Waals surface area contributed by atoms with Gasteiger partial charge in [0, 0.05) is 36.8 Å². The Hall–Kier alpha value is -2.67. The van der Waals surface area contributed by atoms with E-state index in [2.05, 4.69) is 0 Å². The molecule has 1 fully saturated rings. The SMILES string of the molecule is Cc1cccc(N(C)C(=O)CCS(=O)(=O)c2ccc3c(c2)CC(C)N3C(=O)C2CC2)c1. The highest BCUT2D eigenvalue weighted by atomic mass is 32.2. The Bertz CT molecular complexity index is 1140. The third-order valence-corrected chi connectivity index (χ3v) is 7.85. The van der Waals surface area contributed by atoms with E-state index in [0.717, 1.165) is 35.3 Å². The zero-order chi connectivity index (χ0) is 22.3. The number of hydrogen-bond donors (Lipinski definition) is 0. The van der Waals surface area contributed by atoms with Gasteiger partial charge in [0.15, 0.2) is 9.84 Å². The number of carbonyl (C=O) groups is 2. The minimum absolute atomic E-state index is 0.0330. The number of rotatable bonds is 6. The van der Waals surface area contributed by atoms with Crippen LogP contribution in [0.5, 0.6) is 0 Å². The van der Waals surface area contributed by atoms with E-state index in [9.17, 15) is 18.0 Å². The Balaban J connectivity index is 1.46. The molecule has 1 aliphatic heterocycles. The summed E-state index contributed by atoms with van der Waals surface area (Å²) >= 11 is 0. The first-order valence-corrected chi connectivity index (χ1v) is 12.3. The van der Waals surface area contributed by atoms with Crippen LogP contribution >= 0.6 is 0 Å². The lowest BCUT2D eigenvalue weighted by atomic mass is 10.1. The van der Waals surface area contributed by atoms with Gasteiger partial charge < -0.3 is 9.80 Å². The molecule has 2 amide bonds. The largest absolute Gasteiger partial charge is 0.315 e. The average Bonchev–Trinajstić information content (AvgIpc) is 3.53. The molecule has 1 atom stereocenters. The molecular formula is C24H28N2O4S. The maximum absolute atomic E-state index is 12.9. The Labute approximate surface area is 183 Å². The highest BCUT2D eigenvalue weighted by molar-refractivity contribution is 7.91. The summed E-state index contributed by atoms with van der Waals surface area (Å²) in [6, 6.07) is 12.6. The van der Waals surface area contributed by atoms with Crippen molar-refractivity contribution in [3.8, 4) is 0 Å². The number of amides is 2. The van der Waals surface area contributed by atoms with Crippen molar-refractivity contribution < 1.29 is 18.0 Å². The topological polar surface area (TPSA) is 74.8 Å². The molecule has 2 aromatic carbocycles. The van der Waals surface area contributed by atoms with Gasteiger partial charge in [0.1, 0.15) is 0 Å². The van der Waals surface area contributed by atoms with Crippen LogP contribution < -0.4 is 9.80 Å². The molecule has 0 saturated heterocycles. The van der Waals surface area contributed by atoms with Crippen molar-refractivity contribution in [1.82, 2.24) is 0 Å². The van der Waals surface area contributed by atoms with Gasteiger partial charge in [0.25, 0.3) is 0 Å². The number of carbonyl (C=O) groups excluding carboxylic acids is 2. The molecule has 0 aromatic heterocycles. The van der Waals surface area contributed by atoms with Crippen molar-refractivity contribution in [2.75, 3.05) is 22.6 Å². The molecule has 0 bridgehead atoms. The van der Waals surface area contributed by atoms with Crippen molar-refractivity contribution in [2.45, 2.75) is 50.5 Å². The van der Waals surface area contributed by atoms with E-state index in [4.69, 9.17) is 0 Å². The molecule has 1 heterocycles. The van der Waals surface area contributed by atoms with Crippen LogP contribution in [0.15, 0.2) is 47.4 Å². The monoisotopic (exact) mass is 440 g/mol. The second-order valence-corrected chi connectivity index (χ2v) is 10.8. The molecule has 2 aromatic rings. The van der Waals surface area contributed by atoms with E-state index in [1.807, 2.05) is 43.0 Å². The lowest BCUT2D eigenvalue weighted by molar-refractivity contribution is -0.120. The first kappa shape index (κ1) is 21.6. The van der Waals surface area contributed by atoms with Crippen LogP contribution in [0.4, 0.5) is 11.4 Å². The molecule has 1 aliphatic carbocycles. The van der Waals surface area contributed by atoms with Crippen LogP contribution in [0, 0.1) is 12.8 Å². The second kappa shape index (κ2) is 8.11. The molecule has 164 valence electrons. The van der Waals surface area contributed by atoms with Gasteiger partial charge in [-0.05, 0) is 74.6 Å². The van der Waals surface area contributed by atoms with E-state index in [0.29, 0.717) is 6.42 Å². The van der Waals surface area contributed by atoms with Gasteiger partial charge in [-0.1, -0.05) is 12.1 Å². The number of sulfone groups is 1. The van der Waals surface area contributed by atoms with Crippen LogP contribution in [-0.4, -0.2) is 39.1 Å². The number of fused-ring (bicyclic) bond motifs is 1.